The smallest absolute Gasteiger partial charge is 0.239 e. The van der Waals surface area contributed by atoms with E-state index < -0.39 is 0 Å². The van der Waals surface area contributed by atoms with Crippen LogP contribution in [0.5, 0.6) is 0 Å². The third-order valence-corrected chi connectivity index (χ3v) is 3.92. The van der Waals surface area contributed by atoms with Crippen LogP contribution in [0.25, 0.3) is 0 Å². The molecular formula is C14H28N2O. The first kappa shape index (κ1) is 14.5. The molecule has 1 saturated heterocycles. The van der Waals surface area contributed by atoms with Crippen LogP contribution >= 0.6 is 0 Å². The van der Waals surface area contributed by atoms with E-state index in [0.29, 0.717) is 0 Å². The number of hydrogen-bond donors (Lipinski definition) is 1. The zero-order valence-corrected chi connectivity index (χ0v) is 11.5. The van der Waals surface area contributed by atoms with Crippen LogP contribution in [0.15, 0.2) is 0 Å². The minimum absolute atomic E-state index is 0.176. The molecule has 3 nitrogen and oxygen atoms in total. The normalized spacial score (nSPS) is 23.2. The minimum Gasteiger partial charge on any atom is -0.341 e. The number of rotatable bonds is 5. The maximum absolute atomic E-state index is 12.2. The van der Waals surface area contributed by atoms with Crippen LogP contribution in [-0.4, -0.2) is 29.9 Å². The van der Waals surface area contributed by atoms with Crippen LogP contribution in [0, 0.1) is 5.92 Å². The molecule has 0 aromatic rings. The average Bonchev–Trinajstić information content (AvgIpc) is 2.60. The van der Waals surface area contributed by atoms with E-state index in [1.54, 1.807) is 0 Å². The van der Waals surface area contributed by atoms with Crippen LogP contribution in [0.3, 0.4) is 0 Å². The minimum atomic E-state index is -0.270. The molecule has 2 N–H and O–H groups in total. The quantitative estimate of drug-likeness (QED) is 0.802. The molecular weight excluding hydrogens is 212 g/mol. The fraction of sp³-hybridized carbons (Fsp3) is 0.929. The molecule has 100 valence electrons. The Hall–Kier alpha value is -0.570. The average molecular weight is 240 g/mol. The van der Waals surface area contributed by atoms with Crippen molar-refractivity contribution in [2.45, 2.75) is 64.8 Å². The summed E-state index contributed by atoms with van der Waals surface area (Å²) in [5, 5.41) is 0. The summed E-state index contributed by atoms with van der Waals surface area (Å²) in [6.45, 7) is 6.20. The zero-order valence-electron chi connectivity index (χ0n) is 11.5. The molecule has 2 atom stereocenters. The highest BCUT2D eigenvalue weighted by atomic mass is 16.2. The van der Waals surface area contributed by atoms with Crippen molar-refractivity contribution in [2.24, 2.45) is 11.7 Å². The Morgan fingerprint density at radius 2 is 2.12 bits per heavy atom. The van der Waals surface area contributed by atoms with E-state index in [0.717, 1.165) is 51.1 Å². The van der Waals surface area contributed by atoms with Gasteiger partial charge in [-0.2, -0.15) is 0 Å². The number of carbonyl (C=O) groups excluding carboxylic acids is 1. The van der Waals surface area contributed by atoms with Crippen LogP contribution in [0.2, 0.25) is 0 Å². The van der Waals surface area contributed by atoms with Gasteiger partial charge in [0.05, 0.1) is 6.04 Å². The monoisotopic (exact) mass is 240 g/mol. The fourth-order valence-electron chi connectivity index (χ4n) is 2.58. The highest BCUT2D eigenvalue weighted by Crippen LogP contribution is 2.20. The molecule has 0 aromatic carbocycles. The SMILES string of the molecule is CCCC[C@H](N)C(=O)N1CCCC(CC)CC1. The predicted octanol–water partition coefficient (Wildman–Crippen LogP) is 2.54. The summed E-state index contributed by atoms with van der Waals surface area (Å²) < 4.78 is 0. The van der Waals surface area contributed by atoms with Crippen molar-refractivity contribution in [1.82, 2.24) is 4.90 Å². The topological polar surface area (TPSA) is 46.3 Å². The molecule has 1 unspecified atom stereocenters. The molecule has 1 aliphatic heterocycles. The molecule has 0 aliphatic carbocycles. The fourth-order valence-corrected chi connectivity index (χ4v) is 2.58. The highest BCUT2D eigenvalue weighted by Gasteiger charge is 2.23. The molecule has 1 aliphatic rings. The van der Waals surface area contributed by atoms with Crippen molar-refractivity contribution in [3.05, 3.63) is 0 Å². The van der Waals surface area contributed by atoms with Gasteiger partial charge in [-0.15, -0.1) is 0 Å². The number of nitrogens with two attached hydrogens (primary N) is 1. The second-order valence-electron chi connectivity index (χ2n) is 5.28. The lowest BCUT2D eigenvalue weighted by atomic mass is 9.98. The van der Waals surface area contributed by atoms with Crippen molar-refractivity contribution in [2.75, 3.05) is 13.1 Å². The summed E-state index contributed by atoms with van der Waals surface area (Å²) in [6.07, 6.45) is 7.81. The van der Waals surface area contributed by atoms with Gasteiger partial charge in [0, 0.05) is 13.1 Å². The Morgan fingerprint density at radius 1 is 1.35 bits per heavy atom. The molecule has 0 radical (unpaired) electrons. The van der Waals surface area contributed by atoms with Gasteiger partial charge in [0.25, 0.3) is 0 Å². The van der Waals surface area contributed by atoms with Gasteiger partial charge in [0.15, 0.2) is 0 Å². The lowest BCUT2D eigenvalue weighted by Crippen LogP contribution is -2.44. The largest absolute Gasteiger partial charge is 0.341 e. The second-order valence-corrected chi connectivity index (χ2v) is 5.28. The third-order valence-electron chi connectivity index (χ3n) is 3.92. The Labute approximate surface area is 106 Å². The Morgan fingerprint density at radius 3 is 2.76 bits per heavy atom. The maximum atomic E-state index is 12.2. The van der Waals surface area contributed by atoms with Crippen LogP contribution in [0.4, 0.5) is 0 Å². The number of unbranched alkanes of at least 4 members (excludes halogenated alkanes) is 1. The van der Waals surface area contributed by atoms with E-state index in [1.807, 2.05) is 4.90 Å². The van der Waals surface area contributed by atoms with E-state index >= 15 is 0 Å². The van der Waals surface area contributed by atoms with Crippen molar-refractivity contribution in [1.29, 1.82) is 0 Å². The van der Waals surface area contributed by atoms with E-state index in [9.17, 15) is 4.79 Å². The summed E-state index contributed by atoms with van der Waals surface area (Å²) in [5.41, 5.74) is 5.96. The number of hydrogen-bond acceptors (Lipinski definition) is 2. The molecule has 1 heterocycles. The van der Waals surface area contributed by atoms with Gasteiger partial charge in [-0.1, -0.05) is 33.1 Å². The lowest BCUT2D eigenvalue weighted by Gasteiger charge is -2.24. The predicted molar refractivity (Wildman–Crippen MR) is 71.7 cm³/mol. The van der Waals surface area contributed by atoms with Crippen LogP contribution in [0.1, 0.15) is 58.8 Å². The first-order chi connectivity index (χ1) is 8.19. The standard InChI is InChI=1S/C14H28N2O/c1-3-5-8-13(15)14(17)16-10-6-7-12(4-2)9-11-16/h12-13H,3-11,15H2,1-2H3/t12?,13-/m0/s1. The number of carbonyl (C=O) groups is 1. The molecule has 0 spiro atoms. The summed E-state index contributed by atoms with van der Waals surface area (Å²) in [6, 6.07) is -0.270. The first-order valence-corrected chi connectivity index (χ1v) is 7.23. The van der Waals surface area contributed by atoms with E-state index in [-0.39, 0.29) is 11.9 Å². The van der Waals surface area contributed by atoms with E-state index in [4.69, 9.17) is 5.73 Å². The Bertz CT molecular complexity index is 230. The Kier molecular flexibility index (Phi) is 6.56. The molecule has 1 rings (SSSR count). The summed E-state index contributed by atoms with van der Waals surface area (Å²) in [4.78, 5) is 14.1. The van der Waals surface area contributed by atoms with Crippen LogP contribution < -0.4 is 5.73 Å². The van der Waals surface area contributed by atoms with Gasteiger partial charge in [-0.05, 0) is 31.6 Å². The zero-order chi connectivity index (χ0) is 12.7. The molecule has 17 heavy (non-hydrogen) atoms. The van der Waals surface area contributed by atoms with Gasteiger partial charge in [-0.3, -0.25) is 4.79 Å². The molecule has 3 heteroatoms. The molecule has 0 saturated carbocycles. The third kappa shape index (κ3) is 4.66. The number of nitrogens with zero attached hydrogens (tertiary/aromatic N) is 1. The van der Waals surface area contributed by atoms with Crippen molar-refractivity contribution in [3.8, 4) is 0 Å². The van der Waals surface area contributed by atoms with Gasteiger partial charge in [0.2, 0.25) is 5.91 Å². The number of likely N-dealkylation sites (tertiary alicyclic amines) is 1. The van der Waals surface area contributed by atoms with Crippen molar-refractivity contribution < 1.29 is 4.79 Å². The maximum Gasteiger partial charge on any atom is 0.239 e. The van der Waals surface area contributed by atoms with Crippen molar-refractivity contribution >= 4 is 5.91 Å². The van der Waals surface area contributed by atoms with E-state index in [2.05, 4.69) is 13.8 Å². The van der Waals surface area contributed by atoms with Gasteiger partial charge >= 0.3 is 0 Å². The van der Waals surface area contributed by atoms with Gasteiger partial charge < -0.3 is 10.6 Å². The molecule has 1 fully saturated rings. The first-order valence-electron chi connectivity index (χ1n) is 7.23. The summed E-state index contributed by atoms with van der Waals surface area (Å²) >= 11 is 0. The van der Waals surface area contributed by atoms with E-state index in [1.165, 1.54) is 12.8 Å². The highest BCUT2D eigenvalue weighted by molar-refractivity contribution is 5.81. The summed E-state index contributed by atoms with van der Waals surface area (Å²) in [7, 11) is 0. The molecule has 0 aromatic heterocycles. The summed E-state index contributed by atoms with van der Waals surface area (Å²) in [5.74, 6) is 0.981. The molecule has 1 amide bonds. The molecule has 0 bridgehead atoms. The lowest BCUT2D eigenvalue weighted by molar-refractivity contribution is -0.132. The van der Waals surface area contributed by atoms with Crippen molar-refractivity contribution in [3.63, 3.8) is 0 Å². The number of amides is 1. The Balaban J connectivity index is 2.40. The van der Waals surface area contributed by atoms with Gasteiger partial charge in [-0.25, -0.2) is 0 Å². The van der Waals surface area contributed by atoms with Gasteiger partial charge in [0.1, 0.15) is 0 Å². The second kappa shape index (κ2) is 7.70. The van der Waals surface area contributed by atoms with Crippen LogP contribution in [-0.2, 0) is 4.79 Å².